The van der Waals surface area contributed by atoms with Gasteiger partial charge in [0.15, 0.2) is 0 Å². The quantitative estimate of drug-likeness (QED) is 0.799. The topological polar surface area (TPSA) is 64.0 Å². The molecule has 0 radical (unpaired) electrons. The van der Waals surface area contributed by atoms with Crippen LogP contribution < -0.4 is 4.72 Å². The number of benzene rings is 2. The number of halogens is 1. The standard InChI is InChI=1S/C16H14FN3O2S/c1-20-11-15(16(18-20)12-5-3-2-4-6-12)23(21,22)19-14-9-7-13(17)8-10-14/h2-11,19H,1H3. The SMILES string of the molecule is Cn1cc(S(=O)(=O)Nc2ccc(F)cc2)c(-c2ccccc2)n1. The molecular formula is C16H14FN3O2S. The lowest BCUT2D eigenvalue weighted by Gasteiger charge is -2.08. The van der Waals surface area contributed by atoms with E-state index in [9.17, 15) is 12.8 Å². The number of nitrogens with one attached hydrogen (secondary N) is 1. The third-order valence-corrected chi connectivity index (χ3v) is 4.61. The van der Waals surface area contributed by atoms with E-state index in [-0.39, 0.29) is 10.6 Å². The minimum absolute atomic E-state index is 0.0653. The van der Waals surface area contributed by atoms with Gasteiger partial charge >= 0.3 is 0 Å². The molecule has 0 unspecified atom stereocenters. The molecule has 0 atom stereocenters. The first-order chi connectivity index (χ1) is 11.0. The third-order valence-electron chi connectivity index (χ3n) is 3.23. The van der Waals surface area contributed by atoms with E-state index in [2.05, 4.69) is 9.82 Å². The second-order valence-corrected chi connectivity index (χ2v) is 6.64. The van der Waals surface area contributed by atoms with Crippen molar-refractivity contribution in [3.63, 3.8) is 0 Å². The molecule has 0 fully saturated rings. The predicted octanol–water partition coefficient (Wildman–Crippen LogP) is 3.03. The van der Waals surface area contributed by atoms with Crippen molar-refractivity contribution in [1.29, 1.82) is 0 Å². The van der Waals surface area contributed by atoms with Crippen molar-refractivity contribution in [2.75, 3.05) is 4.72 Å². The van der Waals surface area contributed by atoms with Gasteiger partial charge in [-0.25, -0.2) is 12.8 Å². The monoisotopic (exact) mass is 331 g/mol. The maximum absolute atomic E-state index is 12.9. The van der Waals surface area contributed by atoms with E-state index in [4.69, 9.17) is 0 Å². The van der Waals surface area contributed by atoms with Crippen LogP contribution in [0.4, 0.5) is 10.1 Å². The first-order valence-electron chi connectivity index (χ1n) is 6.83. The van der Waals surface area contributed by atoms with E-state index in [1.165, 1.54) is 35.1 Å². The first kappa shape index (κ1) is 15.2. The van der Waals surface area contributed by atoms with Crippen LogP contribution >= 0.6 is 0 Å². The Balaban J connectivity index is 2.02. The van der Waals surface area contributed by atoms with Crippen molar-refractivity contribution in [3.8, 4) is 11.3 Å². The number of rotatable bonds is 4. The Labute approximate surface area is 133 Å². The van der Waals surface area contributed by atoms with Crippen LogP contribution in [0.25, 0.3) is 11.3 Å². The molecule has 0 aliphatic carbocycles. The Morgan fingerprint density at radius 2 is 1.70 bits per heavy atom. The predicted molar refractivity (Wildman–Crippen MR) is 85.9 cm³/mol. The summed E-state index contributed by atoms with van der Waals surface area (Å²) in [5.41, 5.74) is 1.35. The van der Waals surface area contributed by atoms with Gasteiger partial charge < -0.3 is 0 Å². The number of nitrogens with zero attached hydrogens (tertiary/aromatic N) is 2. The molecule has 0 aliphatic rings. The van der Waals surface area contributed by atoms with Crippen molar-refractivity contribution >= 4 is 15.7 Å². The summed E-state index contributed by atoms with van der Waals surface area (Å²) in [6.45, 7) is 0. The van der Waals surface area contributed by atoms with Gasteiger partial charge in [-0.2, -0.15) is 5.10 Å². The molecule has 0 bridgehead atoms. The lowest BCUT2D eigenvalue weighted by molar-refractivity contribution is 0.601. The Morgan fingerprint density at radius 3 is 2.35 bits per heavy atom. The second kappa shape index (κ2) is 5.85. The van der Waals surface area contributed by atoms with E-state index < -0.39 is 15.8 Å². The van der Waals surface area contributed by atoms with Crippen LogP contribution in [0.15, 0.2) is 65.7 Å². The molecule has 0 saturated carbocycles. The van der Waals surface area contributed by atoms with Gasteiger partial charge in [-0.3, -0.25) is 9.40 Å². The first-order valence-corrected chi connectivity index (χ1v) is 8.31. The summed E-state index contributed by atoms with van der Waals surface area (Å²) in [4.78, 5) is 0.0653. The minimum Gasteiger partial charge on any atom is -0.280 e. The molecular weight excluding hydrogens is 317 g/mol. The molecule has 7 heteroatoms. The zero-order valence-corrected chi connectivity index (χ0v) is 13.1. The zero-order chi connectivity index (χ0) is 16.4. The second-order valence-electron chi connectivity index (χ2n) is 4.99. The number of anilines is 1. The zero-order valence-electron chi connectivity index (χ0n) is 12.3. The van der Waals surface area contributed by atoms with Crippen molar-refractivity contribution in [2.24, 2.45) is 7.05 Å². The van der Waals surface area contributed by atoms with Gasteiger partial charge in [-0.15, -0.1) is 0 Å². The molecule has 1 heterocycles. The van der Waals surface area contributed by atoms with Gasteiger partial charge in [-0.1, -0.05) is 30.3 Å². The van der Waals surface area contributed by atoms with Crippen LogP contribution in [-0.4, -0.2) is 18.2 Å². The summed E-state index contributed by atoms with van der Waals surface area (Å²) in [7, 11) is -2.18. The molecule has 23 heavy (non-hydrogen) atoms. The highest BCUT2D eigenvalue weighted by Crippen LogP contribution is 2.27. The lowest BCUT2D eigenvalue weighted by Crippen LogP contribution is -2.13. The van der Waals surface area contributed by atoms with Crippen LogP contribution in [0.2, 0.25) is 0 Å². The van der Waals surface area contributed by atoms with Gasteiger partial charge in [0.25, 0.3) is 10.0 Å². The molecule has 5 nitrogen and oxygen atoms in total. The number of sulfonamides is 1. The van der Waals surface area contributed by atoms with E-state index in [0.717, 1.165) is 0 Å². The van der Waals surface area contributed by atoms with Crippen LogP contribution in [0, 0.1) is 5.82 Å². The van der Waals surface area contributed by atoms with Gasteiger partial charge in [0.05, 0.1) is 0 Å². The van der Waals surface area contributed by atoms with Crippen molar-refractivity contribution in [3.05, 3.63) is 66.6 Å². The number of aromatic nitrogens is 2. The summed E-state index contributed by atoms with van der Waals surface area (Å²) in [5, 5.41) is 4.24. The van der Waals surface area contributed by atoms with Crippen molar-refractivity contribution in [1.82, 2.24) is 9.78 Å². The van der Waals surface area contributed by atoms with Crippen molar-refractivity contribution in [2.45, 2.75) is 4.90 Å². The fraction of sp³-hybridized carbons (Fsp3) is 0.0625. The van der Waals surface area contributed by atoms with E-state index in [1.54, 1.807) is 19.2 Å². The molecule has 0 amide bonds. The number of aryl methyl sites for hydroxylation is 1. The molecule has 0 spiro atoms. The van der Waals surface area contributed by atoms with Gasteiger partial charge in [0.2, 0.25) is 0 Å². The van der Waals surface area contributed by atoms with E-state index in [0.29, 0.717) is 11.3 Å². The lowest BCUT2D eigenvalue weighted by atomic mass is 10.2. The van der Waals surface area contributed by atoms with Crippen LogP contribution in [0.3, 0.4) is 0 Å². The highest BCUT2D eigenvalue weighted by Gasteiger charge is 2.23. The normalized spacial score (nSPS) is 11.4. The molecule has 118 valence electrons. The smallest absolute Gasteiger partial charge is 0.265 e. The van der Waals surface area contributed by atoms with Gasteiger partial charge in [-0.05, 0) is 24.3 Å². The fourth-order valence-corrected chi connectivity index (χ4v) is 3.45. The highest BCUT2D eigenvalue weighted by molar-refractivity contribution is 7.92. The summed E-state index contributed by atoms with van der Waals surface area (Å²) >= 11 is 0. The maximum Gasteiger partial charge on any atom is 0.265 e. The Bertz CT molecular complexity index is 920. The molecule has 1 N–H and O–H groups in total. The number of hydrogen-bond acceptors (Lipinski definition) is 3. The molecule has 0 aliphatic heterocycles. The average molecular weight is 331 g/mol. The van der Waals surface area contributed by atoms with Gasteiger partial charge in [0.1, 0.15) is 16.4 Å². The van der Waals surface area contributed by atoms with E-state index >= 15 is 0 Å². The fourth-order valence-electron chi connectivity index (χ4n) is 2.19. The number of hydrogen-bond donors (Lipinski definition) is 1. The largest absolute Gasteiger partial charge is 0.280 e. The van der Waals surface area contributed by atoms with Gasteiger partial charge in [0, 0.05) is 24.5 Å². The summed E-state index contributed by atoms with van der Waals surface area (Å²) in [5.74, 6) is -0.431. The Hall–Kier alpha value is -2.67. The van der Waals surface area contributed by atoms with Crippen LogP contribution in [0.1, 0.15) is 0 Å². The highest BCUT2D eigenvalue weighted by atomic mass is 32.2. The summed E-state index contributed by atoms with van der Waals surface area (Å²) in [6.07, 6.45) is 1.44. The van der Waals surface area contributed by atoms with Crippen LogP contribution in [0.5, 0.6) is 0 Å². The molecule has 1 aromatic heterocycles. The van der Waals surface area contributed by atoms with Crippen molar-refractivity contribution < 1.29 is 12.8 Å². The third kappa shape index (κ3) is 3.24. The summed E-state index contributed by atoms with van der Waals surface area (Å²) < 4.78 is 42.1. The minimum atomic E-state index is -3.84. The summed E-state index contributed by atoms with van der Waals surface area (Å²) in [6, 6.07) is 14.2. The Kier molecular flexibility index (Phi) is 3.87. The Morgan fingerprint density at radius 1 is 1.04 bits per heavy atom. The molecule has 0 saturated heterocycles. The van der Waals surface area contributed by atoms with Crippen LogP contribution in [-0.2, 0) is 17.1 Å². The molecule has 3 rings (SSSR count). The van der Waals surface area contributed by atoms with E-state index in [1.807, 2.05) is 18.2 Å². The maximum atomic E-state index is 12.9. The molecule has 3 aromatic rings. The molecule has 2 aromatic carbocycles. The average Bonchev–Trinajstić information content (AvgIpc) is 2.93.